The van der Waals surface area contributed by atoms with Crippen LogP contribution in [-0.2, 0) is 0 Å². The summed E-state index contributed by atoms with van der Waals surface area (Å²) in [5.41, 5.74) is 0. The third-order valence-electron chi connectivity index (χ3n) is 4.17. The summed E-state index contributed by atoms with van der Waals surface area (Å²) in [5, 5.41) is 10.6. The van der Waals surface area contributed by atoms with E-state index in [9.17, 15) is 0 Å². The van der Waals surface area contributed by atoms with Gasteiger partial charge in [-0.05, 0) is 57.9 Å². The molecule has 2 saturated heterocycles. The minimum Gasteiger partial charge on any atom is -0.314 e. The number of rotatable bonds is 3. The van der Waals surface area contributed by atoms with Crippen molar-refractivity contribution in [2.24, 2.45) is 11.8 Å². The largest absolute Gasteiger partial charge is 0.314 e. The molecule has 2 unspecified atom stereocenters. The minimum atomic E-state index is 0.508. The lowest BCUT2D eigenvalue weighted by Gasteiger charge is -2.32. The fourth-order valence-electron chi connectivity index (χ4n) is 2.81. The molecule has 0 aliphatic carbocycles. The Kier molecular flexibility index (Phi) is 4.62. The Balaban J connectivity index is 1.60. The van der Waals surface area contributed by atoms with E-state index in [-0.39, 0.29) is 0 Å². The molecule has 0 saturated carbocycles. The second kappa shape index (κ2) is 5.99. The molecule has 94 valence electrons. The van der Waals surface area contributed by atoms with Gasteiger partial charge in [-0.1, -0.05) is 0 Å². The van der Waals surface area contributed by atoms with Crippen molar-refractivity contribution in [1.82, 2.24) is 16.0 Å². The van der Waals surface area contributed by atoms with Crippen molar-refractivity contribution in [3.05, 3.63) is 0 Å². The zero-order valence-electron chi connectivity index (χ0n) is 10.8. The van der Waals surface area contributed by atoms with Crippen LogP contribution in [0, 0.1) is 11.8 Å². The van der Waals surface area contributed by atoms with Crippen LogP contribution in [0.4, 0.5) is 0 Å². The third-order valence-corrected chi connectivity index (χ3v) is 4.17. The van der Waals surface area contributed by atoms with E-state index in [0.29, 0.717) is 6.17 Å². The molecule has 2 heterocycles. The van der Waals surface area contributed by atoms with Crippen molar-refractivity contribution in [2.75, 3.05) is 19.6 Å². The fourth-order valence-corrected chi connectivity index (χ4v) is 2.81. The van der Waals surface area contributed by atoms with Gasteiger partial charge < -0.3 is 16.0 Å². The van der Waals surface area contributed by atoms with E-state index in [4.69, 9.17) is 0 Å². The third kappa shape index (κ3) is 3.72. The number of hydrogen-bond donors (Lipinski definition) is 3. The van der Waals surface area contributed by atoms with Crippen molar-refractivity contribution >= 4 is 0 Å². The lowest BCUT2D eigenvalue weighted by Crippen LogP contribution is -2.51. The van der Waals surface area contributed by atoms with Gasteiger partial charge in [0.1, 0.15) is 0 Å². The molecule has 2 aliphatic heterocycles. The molecule has 0 radical (unpaired) electrons. The van der Waals surface area contributed by atoms with Crippen LogP contribution in [-0.4, -0.2) is 31.8 Å². The Labute approximate surface area is 99.8 Å². The summed E-state index contributed by atoms with van der Waals surface area (Å²) in [5.74, 6) is 1.77. The molecule has 0 aromatic rings. The first-order valence-electron chi connectivity index (χ1n) is 6.94. The quantitative estimate of drug-likeness (QED) is 0.678. The molecule has 0 bridgehead atoms. The SMILES string of the molecule is CC1CCC(CCC2CNC(C)NC2)CN1. The maximum atomic E-state index is 3.60. The second-order valence-corrected chi connectivity index (χ2v) is 5.73. The monoisotopic (exact) mass is 225 g/mol. The van der Waals surface area contributed by atoms with E-state index in [1.54, 1.807) is 0 Å². The van der Waals surface area contributed by atoms with E-state index in [2.05, 4.69) is 29.8 Å². The molecule has 3 heteroatoms. The molecular formula is C13H27N3. The van der Waals surface area contributed by atoms with Gasteiger partial charge in [0.2, 0.25) is 0 Å². The predicted octanol–water partition coefficient (Wildman–Crippen LogP) is 1.31. The summed E-state index contributed by atoms with van der Waals surface area (Å²) in [7, 11) is 0. The van der Waals surface area contributed by atoms with Gasteiger partial charge in [0, 0.05) is 19.1 Å². The molecule has 0 amide bonds. The van der Waals surface area contributed by atoms with Crippen LogP contribution in [0.2, 0.25) is 0 Å². The summed E-state index contributed by atoms with van der Waals surface area (Å²) in [6, 6.07) is 0.745. The highest BCUT2D eigenvalue weighted by molar-refractivity contribution is 4.79. The van der Waals surface area contributed by atoms with Gasteiger partial charge in [-0.3, -0.25) is 0 Å². The maximum Gasteiger partial charge on any atom is 0.0542 e. The highest BCUT2D eigenvalue weighted by atomic mass is 15.1. The molecule has 0 spiro atoms. The molecule has 3 N–H and O–H groups in total. The standard InChI is InChI=1S/C13H27N3/c1-10-3-4-12(7-14-10)5-6-13-8-15-11(2)16-9-13/h10-16H,3-9H2,1-2H3. The number of hydrogen-bond acceptors (Lipinski definition) is 3. The van der Waals surface area contributed by atoms with Gasteiger partial charge >= 0.3 is 0 Å². The first kappa shape index (κ1) is 12.3. The summed E-state index contributed by atoms with van der Waals surface area (Å²) in [4.78, 5) is 0. The van der Waals surface area contributed by atoms with Gasteiger partial charge in [0.25, 0.3) is 0 Å². The summed E-state index contributed by atoms with van der Waals surface area (Å²) in [6.07, 6.45) is 6.09. The summed E-state index contributed by atoms with van der Waals surface area (Å²) >= 11 is 0. The Morgan fingerprint density at radius 3 is 2.06 bits per heavy atom. The van der Waals surface area contributed by atoms with Crippen LogP contribution in [0.25, 0.3) is 0 Å². The van der Waals surface area contributed by atoms with Crippen molar-refractivity contribution < 1.29 is 0 Å². The normalized spacial score (nSPS) is 40.9. The van der Waals surface area contributed by atoms with E-state index >= 15 is 0 Å². The van der Waals surface area contributed by atoms with Crippen molar-refractivity contribution in [3.8, 4) is 0 Å². The highest BCUT2D eigenvalue weighted by Crippen LogP contribution is 2.21. The van der Waals surface area contributed by atoms with Crippen LogP contribution in [0.1, 0.15) is 39.5 Å². The number of nitrogens with one attached hydrogen (secondary N) is 3. The highest BCUT2D eigenvalue weighted by Gasteiger charge is 2.21. The summed E-state index contributed by atoms with van der Waals surface area (Å²) in [6.45, 7) is 8.13. The van der Waals surface area contributed by atoms with Gasteiger partial charge in [0.15, 0.2) is 0 Å². The zero-order valence-corrected chi connectivity index (χ0v) is 10.8. The van der Waals surface area contributed by atoms with Gasteiger partial charge in [0.05, 0.1) is 6.17 Å². The average molecular weight is 225 g/mol. The molecule has 16 heavy (non-hydrogen) atoms. The number of piperidine rings is 1. The van der Waals surface area contributed by atoms with Crippen molar-refractivity contribution in [2.45, 2.75) is 51.7 Å². The topological polar surface area (TPSA) is 36.1 Å². The van der Waals surface area contributed by atoms with Gasteiger partial charge in [-0.2, -0.15) is 0 Å². The van der Waals surface area contributed by atoms with Crippen LogP contribution in [0.5, 0.6) is 0 Å². The Bertz CT molecular complexity index is 169. The van der Waals surface area contributed by atoms with E-state index in [1.165, 1.54) is 45.3 Å². The van der Waals surface area contributed by atoms with Crippen LogP contribution in [0.3, 0.4) is 0 Å². The lowest BCUT2D eigenvalue weighted by molar-refractivity contribution is 0.253. The van der Waals surface area contributed by atoms with Crippen molar-refractivity contribution in [3.63, 3.8) is 0 Å². The van der Waals surface area contributed by atoms with Crippen molar-refractivity contribution in [1.29, 1.82) is 0 Å². The Hall–Kier alpha value is -0.120. The molecule has 2 aliphatic rings. The second-order valence-electron chi connectivity index (χ2n) is 5.73. The Morgan fingerprint density at radius 1 is 0.812 bits per heavy atom. The maximum absolute atomic E-state index is 3.60. The van der Waals surface area contributed by atoms with E-state index in [1.807, 2.05) is 0 Å². The fraction of sp³-hybridized carbons (Fsp3) is 1.00. The van der Waals surface area contributed by atoms with Crippen LogP contribution < -0.4 is 16.0 Å². The summed E-state index contributed by atoms with van der Waals surface area (Å²) < 4.78 is 0. The van der Waals surface area contributed by atoms with E-state index < -0.39 is 0 Å². The van der Waals surface area contributed by atoms with Crippen LogP contribution >= 0.6 is 0 Å². The van der Waals surface area contributed by atoms with Crippen LogP contribution in [0.15, 0.2) is 0 Å². The molecule has 0 aromatic heterocycles. The molecule has 2 atom stereocenters. The predicted molar refractivity (Wildman–Crippen MR) is 68.4 cm³/mol. The van der Waals surface area contributed by atoms with Gasteiger partial charge in [-0.15, -0.1) is 0 Å². The smallest absolute Gasteiger partial charge is 0.0542 e. The van der Waals surface area contributed by atoms with Gasteiger partial charge in [-0.25, -0.2) is 0 Å². The minimum absolute atomic E-state index is 0.508. The molecule has 0 aromatic carbocycles. The molecule has 3 nitrogen and oxygen atoms in total. The average Bonchev–Trinajstić information content (AvgIpc) is 2.30. The molecular weight excluding hydrogens is 198 g/mol. The zero-order chi connectivity index (χ0) is 11.4. The Morgan fingerprint density at radius 2 is 1.44 bits per heavy atom. The van der Waals surface area contributed by atoms with E-state index in [0.717, 1.165) is 17.9 Å². The lowest BCUT2D eigenvalue weighted by atomic mass is 9.88. The molecule has 2 fully saturated rings. The molecule has 2 rings (SSSR count). The first-order valence-corrected chi connectivity index (χ1v) is 6.94. The first-order chi connectivity index (χ1) is 7.74.